The molecule has 2 fully saturated rings. The Morgan fingerprint density at radius 2 is 1.89 bits per heavy atom. The standard InChI is InChI=1S/C22H30N4O2/c1-2-28-15-16-3-6-18(7-4-16)25-11-9-19(10-12-25)26-21-13-17(14-23)5-8-20(21)24-22(26)27/h5,8,13,16,18-19H,2-4,6-7,9-12,15H2,1H3,(H,24,27)/t16-,18-. The second-order valence-electron chi connectivity index (χ2n) is 8.25. The van der Waals surface area contributed by atoms with Crippen LogP contribution in [0.25, 0.3) is 11.0 Å². The van der Waals surface area contributed by atoms with E-state index in [1.165, 1.54) is 25.7 Å². The maximum Gasteiger partial charge on any atom is 0.326 e. The van der Waals surface area contributed by atoms with Crippen molar-refractivity contribution in [3.63, 3.8) is 0 Å². The van der Waals surface area contributed by atoms with Gasteiger partial charge in [0.1, 0.15) is 0 Å². The van der Waals surface area contributed by atoms with Crippen LogP contribution >= 0.6 is 0 Å². The van der Waals surface area contributed by atoms with Crippen LogP contribution in [0.1, 0.15) is 57.1 Å². The number of aromatic amines is 1. The number of ether oxygens (including phenoxy) is 1. The highest BCUT2D eigenvalue weighted by Crippen LogP contribution is 2.32. The number of benzene rings is 1. The number of nitrogens with one attached hydrogen (secondary N) is 1. The average Bonchev–Trinajstić information content (AvgIpc) is 3.07. The predicted molar refractivity (Wildman–Crippen MR) is 109 cm³/mol. The highest BCUT2D eigenvalue weighted by atomic mass is 16.5. The molecule has 0 radical (unpaired) electrons. The minimum atomic E-state index is -0.0556. The van der Waals surface area contributed by atoms with Crippen LogP contribution in [0, 0.1) is 17.2 Å². The van der Waals surface area contributed by atoms with Crippen molar-refractivity contribution in [3.8, 4) is 6.07 Å². The maximum atomic E-state index is 12.5. The number of piperidine rings is 1. The summed E-state index contributed by atoms with van der Waals surface area (Å²) < 4.78 is 7.48. The first-order valence-electron chi connectivity index (χ1n) is 10.7. The van der Waals surface area contributed by atoms with Crippen LogP contribution in [0.4, 0.5) is 0 Å². The van der Waals surface area contributed by atoms with Gasteiger partial charge in [-0.1, -0.05) is 0 Å². The Balaban J connectivity index is 1.39. The zero-order valence-corrected chi connectivity index (χ0v) is 16.7. The molecule has 4 rings (SSSR count). The summed E-state index contributed by atoms with van der Waals surface area (Å²) in [5, 5.41) is 9.19. The Bertz CT molecular complexity index is 893. The lowest BCUT2D eigenvalue weighted by Crippen LogP contribution is -2.44. The van der Waals surface area contributed by atoms with Crippen LogP contribution < -0.4 is 5.69 Å². The van der Waals surface area contributed by atoms with E-state index in [0.29, 0.717) is 11.6 Å². The Kier molecular flexibility index (Phi) is 5.84. The Hall–Kier alpha value is -2.10. The zero-order valence-electron chi connectivity index (χ0n) is 16.7. The first-order valence-corrected chi connectivity index (χ1v) is 10.7. The van der Waals surface area contributed by atoms with E-state index >= 15 is 0 Å². The minimum absolute atomic E-state index is 0.0556. The molecule has 1 aromatic carbocycles. The molecule has 6 heteroatoms. The molecule has 6 nitrogen and oxygen atoms in total. The minimum Gasteiger partial charge on any atom is -0.381 e. The summed E-state index contributed by atoms with van der Waals surface area (Å²) in [4.78, 5) is 18.1. The molecule has 150 valence electrons. The molecule has 1 aliphatic carbocycles. The zero-order chi connectivity index (χ0) is 19.5. The molecule has 0 unspecified atom stereocenters. The third-order valence-electron chi connectivity index (χ3n) is 6.60. The normalized spacial score (nSPS) is 24.4. The van der Waals surface area contributed by atoms with Crippen molar-refractivity contribution in [3.05, 3.63) is 34.2 Å². The largest absolute Gasteiger partial charge is 0.381 e. The van der Waals surface area contributed by atoms with Crippen molar-refractivity contribution in [2.24, 2.45) is 5.92 Å². The molecule has 0 atom stereocenters. The average molecular weight is 383 g/mol. The number of rotatable bonds is 5. The Morgan fingerprint density at radius 3 is 2.57 bits per heavy atom. The van der Waals surface area contributed by atoms with Gasteiger partial charge in [-0.3, -0.25) is 4.57 Å². The monoisotopic (exact) mass is 382 g/mol. The Morgan fingerprint density at radius 1 is 1.14 bits per heavy atom. The summed E-state index contributed by atoms with van der Waals surface area (Å²) in [7, 11) is 0. The van der Waals surface area contributed by atoms with Crippen molar-refractivity contribution < 1.29 is 4.74 Å². The van der Waals surface area contributed by atoms with Gasteiger partial charge in [0.05, 0.1) is 22.7 Å². The molecule has 28 heavy (non-hydrogen) atoms. The summed E-state index contributed by atoms with van der Waals surface area (Å²) in [6, 6.07) is 8.50. The summed E-state index contributed by atoms with van der Waals surface area (Å²) in [6.45, 7) is 5.89. The molecule has 1 saturated carbocycles. The number of H-pyrrole nitrogens is 1. The highest BCUT2D eigenvalue weighted by Gasteiger charge is 2.30. The number of aromatic nitrogens is 2. The van der Waals surface area contributed by atoms with Crippen molar-refractivity contribution in [1.29, 1.82) is 5.26 Å². The molecule has 0 spiro atoms. The maximum absolute atomic E-state index is 12.5. The van der Waals surface area contributed by atoms with E-state index in [1.807, 2.05) is 16.7 Å². The van der Waals surface area contributed by atoms with Crippen molar-refractivity contribution >= 4 is 11.0 Å². The number of nitriles is 1. The Labute approximate surface area is 166 Å². The number of imidazole rings is 1. The summed E-state index contributed by atoms with van der Waals surface area (Å²) in [5.41, 5.74) is 2.22. The molecule has 1 aromatic heterocycles. The molecule has 2 aromatic rings. The topological polar surface area (TPSA) is 74.0 Å². The fraction of sp³-hybridized carbons (Fsp3) is 0.636. The van der Waals surface area contributed by atoms with Gasteiger partial charge < -0.3 is 14.6 Å². The van der Waals surface area contributed by atoms with E-state index in [1.54, 1.807) is 6.07 Å². The van der Waals surface area contributed by atoms with Gasteiger partial charge in [0.2, 0.25) is 0 Å². The quantitative estimate of drug-likeness (QED) is 0.860. The molecular weight excluding hydrogens is 352 g/mol. The highest BCUT2D eigenvalue weighted by molar-refractivity contribution is 5.77. The van der Waals surface area contributed by atoms with Gasteiger partial charge in [0.15, 0.2) is 0 Å². The lowest BCUT2D eigenvalue weighted by molar-refractivity contribution is 0.0582. The molecule has 1 saturated heterocycles. The molecule has 0 amide bonds. The van der Waals surface area contributed by atoms with Gasteiger partial charge in [-0.15, -0.1) is 0 Å². The molecule has 0 bridgehead atoms. The SMILES string of the molecule is CCOC[C@H]1CC[C@H](N2CCC(n3c(=O)[nH]c4ccc(C#N)cc43)CC2)CC1. The van der Waals surface area contributed by atoms with Gasteiger partial charge >= 0.3 is 5.69 Å². The second kappa shape index (κ2) is 8.50. The van der Waals surface area contributed by atoms with Crippen LogP contribution in [-0.4, -0.2) is 46.8 Å². The van der Waals surface area contributed by atoms with E-state index < -0.39 is 0 Å². The van der Waals surface area contributed by atoms with Crippen molar-refractivity contribution in [2.45, 2.75) is 57.5 Å². The lowest BCUT2D eigenvalue weighted by Gasteiger charge is -2.41. The third kappa shape index (κ3) is 3.87. The smallest absolute Gasteiger partial charge is 0.326 e. The van der Waals surface area contributed by atoms with Crippen LogP contribution in [0.3, 0.4) is 0 Å². The second-order valence-corrected chi connectivity index (χ2v) is 8.25. The number of hydrogen-bond acceptors (Lipinski definition) is 4. The number of fused-ring (bicyclic) bond motifs is 1. The summed E-state index contributed by atoms with van der Waals surface area (Å²) >= 11 is 0. The summed E-state index contributed by atoms with van der Waals surface area (Å²) in [5.74, 6) is 0.730. The molecule has 2 heterocycles. The predicted octanol–water partition coefficient (Wildman–Crippen LogP) is 3.43. The van der Waals surface area contributed by atoms with Crippen LogP contribution in [-0.2, 0) is 4.74 Å². The fourth-order valence-electron chi connectivity index (χ4n) is 5.02. The van der Waals surface area contributed by atoms with Gasteiger partial charge in [0, 0.05) is 38.4 Å². The van der Waals surface area contributed by atoms with Gasteiger partial charge in [-0.25, -0.2) is 4.79 Å². The van der Waals surface area contributed by atoms with Crippen molar-refractivity contribution in [1.82, 2.24) is 14.5 Å². The first-order chi connectivity index (χ1) is 13.7. The molecule has 1 aliphatic heterocycles. The van der Waals surface area contributed by atoms with E-state index in [4.69, 9.17) is 4.74 Å². The van der Waals surface area contributed by atoms with Crippen LogP contribution in [0.2, 0.25) is 0 Å². The number of likely N-dealkylation sites (tertiary alicyclic amines) is 1. The van der Waals surface area contributed by atoms with Gasteiger partial charge in [-0.05, 0) is 69.6 Å². The number of hydrogen-bond donors (Lipinski definition) is 1. The molecule has 1 N–H and O–H groups in total. The van der Waals surface area contributed by atoms with Crippen LogP contribution in [0.5, 0.6) is 0 Å². The first kappa shape index (κ1) is 19.2. The van der Waals surface area contributed by atoms with Gasteiger partial charge in [0.25, 0.3) is 0 Å². The lowest BCUT2D eigenvalue weighted by atomic mass is 9.85. The van der Waals surface area contributed by atoms with E-state index in [2.05, 4.69) is 22.9 Å². The fourth-order valence-corrected chi connectivity index (χ4v) is 5.02. The number of nitrogens with zero attached hydrogens (tertiary/aromatic N) is 3. The van der Waals surface area contributed by atoms with E-state index in [-0.39, 0.29) is 11.7 Å². The molecule has 2 aliphatic rings. The van der Waals surface area contributed by atoms with Crippen molar-refractivity contribution in [2.75, 3.05) is 26.3 Å². The molecular formula is C22H30N4O2. The van der Waals surface area contributed by atoms with Crippen LogP contribution in [0.15, 0.2) is 23.0 Å². The third-order valence-corrected chi connectivity index (χ3v) is 6.60. The summed E-state index contributed by atoms with van der Waals surface area (Å²) in [6.07, 6.45) is 7.04. The van der Waals surface area contributed by atoms with E-state index in [0.717, 1.165) is 56.1 Å². The van der Waals surface area contributed by atoms with Gasteiger partial charge in [-0.2, -0.15) is 5.26 Å². The van der Waals surface area contributed by atoms with E-state index in [9.17, 15) is 10.1 Å².